The zero-order valence-electron chi connectivity index (χ0n) is 17.5. The Morgan fingerprint density at radius 3 is 2.35 bits per heavy atom. The summed E-state index contributed by atoms with van der Waals surface area (Å²) in [4.78, 5) is 30.7. The fourth-order valence-electron chi connectivity index (χ4n) is 4.32. The zero-order valence-corrected chi connectivity index (χ0v) is 17.5. The molecule has 3 aromatic rings. The Morgan fingerprint density at radius 1 is 0.968 bits per heavy atom. The van der Waals surface area contributed by atoms with Gasteiger partial charge in [0.25, 0.3) is 5.91 Å². The molecule has 2 unspecified atom stereocenters. The number of hydrogen-bond acceptors (Lipinski definition) is 6. The average molecular weight is 418 g/mol. The van der Waals surface area contributed by atoms with E-state index in [9.17, 15) is 9.59 Å². The van der Waals surface area contributed by atoms with E-state index in [1.807, 2.05) is 64.1 Å². The molecule has 3 heterocycles. The lowest BCUT2D eigenvalue weighted by Gasteiger charge is -2.40. The number of fused-ring (bicyclic) bond motifs is 3. The standard InChI is InChI=1S/C22H22N6O3/c1-25-19-17(20(29)26(2)22(25)30)27(13-14-7-5-4-6-8-14)21-24-23-18(28(19)21)15-9-11-16(31-3)12-10-15/h4-12,17,19H,13H2,1-3H3. The third-order valence-electron chi connectivity index (χ3n) is 5.93. The van der Waals surface area contributed by atoms with Crippen molar-refractivity contribution in [2.45, 2.75) is 18.8 Å². The first kappa shape index (κ1) is 19.1. The van der Waals surface area contributed by atoms with Crippen molar-refractivity contribution < 1.29 is 14.3 Å². The Kier molecular flexibility index (Phi) is 4.39. The van der Waals surface area contributed by atoms with E-state index >= 15 is 0 Å². The van der Waals surface area contributed by atoms with Gasteiger partial charge in [-0.15, -0.1) is 10.2 Å². The monoisotopic (exact) mass is 418 g/mol. The fourth-order valence-corrected chi connectivity index (χ4v) is 4.32. The number of aromatic nitrogens is 3. The Labute approximate surface area is 179 Å². The lowest BCUT2D eigenvalue weighted by atomic mass is 10.1. The maximum atomic E-state index is 13.2. The van der Waals surface area contributed by atoms with Crippen LogP contribution >= 0.6 is 0 Å². The number of hydrogen-bond donors (Lipinski definition) is 0. The number of amides is 3. The number of methoxy groups -OCH3 is 1. The van der Waals surface area contributed by atoms with E-state index in [-0.39, 0.29) is 11.9 Å². The highest BCUT2D eigenvalue weighted by molar-refractivity contribution is 6.02. The van der Waals surface area contributed by atoms with E-state index in [0.717, 1.165) is 16.9 Å². The molecule has 0 saturated carbocycles. The molecule has 9 nitrogen and oxygen atoms in total. The lowest BCUT2D eigenvalue weighted by Crippen LogP contribution is -2.61. The number of anilines is 1. The molecule has 0 spiro atoms. The van der Waals surface area contributed by atoms with Gasteiger partial charge in [0.2, 0.25) is 5.95 Å². The van der Waals surface area contributed by atoms with E-state index in [0.29, 0.717) is 18.3 Å². The van der Waals surface area contributed by atoms with Crippen LogP contribution in [0.15, 0.2) is 54.6 Å². The second kappa shape index (κ2) is 7.12. The van der Waals surface area contributed by atoms with Crippen LogP contribution in [0.5, 0.6) is 5.75 Å². The molecule has 0 bridgehead atoms. The van der Waals surface area contributed by atoms with Crippen molar-refractivity contribution in [3.63, 3.8) is 0 Å². The SMILES string of the molecule is COc1ccc(-c2nnc3n2C2C(C(=O)N(C)C(=O)N2C)N3Cc2ccccc2)cc1. The number of ether oxygens (including phenoxy) is 1. The van der Waals surface area contributed by atoms with Crippen LogP contribution < -0.4 is 9.64 Å². The summed E-state index contributed by atoms with van der Waals surface area (Å²) >= 11 is 0. The van der Waals surface area contributed by atoms with Crippen LogP contribution in [0.3, 0.4) is 0 Å². The summed E-state index contributed by atoms with van der Waals surface area (Å²) < 4.78 is 7.14. The van der Waals surface area contributed by atoms with Crippen LogP contribution in [0.1, 0.15) is 11.7 Å². The molecule has 2 aromatic carbocycles. The van der Waals surface area contributed by atoms with Gasteiger partial charge in [-0.3, -0.25) is 14.3 Å². The molecular formula is C22H22N6O3. The number of carbonyl (C=O) groups is 2. The molecule has 2 atom stereocenters. The third kappa shape index (κ3) is 2.84. The molecular weight excluding hydrogens is 396 g/mol. The molecule has 0 N–H and O–H groups in total. The first-order valence-electron chi connectivity index (χ1n) is 9.95. The fraction of sp³-hybridized carbons (Fsp3) is 0.273. The molecule has 2 aliphatic heterocycles. The molecule has 1 fully saturated rings. The Balaban J connectivity index is 1.64. The number of rotatable bonds is 4. The molecule has 1 aromatic heterocycles. The summed E-state index contributed by atoms with van der Waals surface area (Å²) in [5, 5.41) is 8.85. The Morgan fingerprint density at radius 2 is 1.68 bits per heavy atom. The molecule has 3 amide bonds. The number of benzene rings is 2. The summed E-state index contributed by atoms with van der Waals surface area (Å²) in [6.07, 6.45) is -0.540. The predicted octanol–water partition coefficient (Wildman–Crippen LogP) is 2.36. The van der Waals surface area contributed by atoms with Gasteiger partial charge in [0, 0.05) is 26.2 Å². The Hall–Kier alpha value is -3.88. The number of nitrogens with zero attached hydrogens (tertiary/aromatic N) is 6. The maximum absolute atomic E-state index is 13.2. The highest BCUT2D eigenvalue weighted by Gasteiger charge is 2.54. The summed E-state index contributed by atoms with van der Waals surface area (Å²) in [5.41, 5.74) is 1.87. The normalized spacial score (nSPS) is 20.2. The molecule has 2 aliphatic rings. The number of likely N-dealkylation sites (N-methyl/N-ethyl adjacent to an activating group) is 2. The van der Waals surface area contributed by atoms with Crippen molar-refractivity contribution >= 4 is 17.9 Å². The molecule has 5 rings (SSSR count). The van der Waals surface area contributed by atoms with E-state index in [1.165, 1.54) is 11.9 Å². The zero-order chi connectivity index (χ0) is 21.7. The van der Waals surface area contributed by atoms with E-state index in [2.05, 4.69) is 10.2 Å². The van der Waals surface area contributed by atoms with Gasteiger partial charge in [-0.05, 0) is 29.8 Å². The number of imide groups is 1. The number of carbonyl (C=O) groups excluding carboxylic acids is 2. The van der Waals surface area contributed by atoms with Crippen LogP contribution in [0, 0.1) is 0 Å². The average Bonchev–Trinajstić information content (AvgIpc) is 3.36. The van der Waals surface area contributed by atoms with E-state index in [1.54, 1.807) is 19.1 Å². The third-order valence-corrected chi connectivity index (χ3v) is 5.93. The van der Waals surface area contributed by atoms with Gasteiger partial charge in [-0.25, -0.2) is 4.79 Å². The number of urea groups is 1. The second-order valence-corrected chi connectivity index (χ2v) is 7.68. The van der Waals surface area contributed by atoms with E-state index in [4.69, 9.17) is 4.74 Å². The minimum atomic E-state index is -0.588. The van der Waals surface area contributed by atoms with Crippen molar-refractivity contribution in [2.75, 3.05) is 26.1 Å². The summed E-state index contributed by atoms with van der Waals surface area (Å²) in [6, 6.07) is 16.4. The van der Waals surface area contributed by atoms with Gasteiger partial charge >= 0.3 is 6.03 Å². The molecule has 0 aliphatic carbocycles. The topological polar surface area (TPSA) is 83.8 Å². The van der Waals surface area contributed by atoms with Crippen molar-refractivity contribution in [3.8, 4) is 17.1 Å². The Bertz CT molecular complexity index is 1140. The molecule has 9 heteroatoms. The summed E-state index contributed by atoms with van der Waals surface area (Å²) in [5.74, 6) is 1.64. The minimum absolute atomic E-state index is 0.254. The maximum Gasteiger partial charge on any atom is 0.327 e. The smallest absolute Gasteiger partial charge is 0.327 e. The second-order valence-electron chi connectivity index (χ2n) is 7.68. The van der Waals surface area contributed by atoms with Gasteiger partial charge in [-0.1, -0.05) is 30.3 Å². The van der Waals surface area contributed by atoms with Crippen molar-refractivity contribution in [1.82, 2.24) is 24.6 Å². The molecule has 0 radical (unpaired) electrons. The van der Waals surface area contributed by atoms with Gasteiger partial charge in [-0.2, -0.15) is 0 Å². The van der Waals surface area contributed by atoms with E-state index < -0.39 is 12.2 Å². The largest absolute Gasteiger partial charge is 0.497 e. The molecule has 158 valence electrons. The van der Waals surface area contributed by atoms with Crippen LogP contribution in [0.25, 0.3) is 11.4 Å². The van der Waals surface area contributed by atoms with Crippen LogP contribution in [-0.4, -0.2) is 63.7 Å². The van der Waals surface area contributed by atoms with Crippen LogP contribution in [0.2, 0.25) is 0 Å². The lowest BCUT2D eigenvalue weighted by molar-refractivity contribution is -0.133. The quantitative estimate of drug-likeness (QED) is 0.647. The summed E-state index contributed by atoms with van der Waals surface area (Å²) in [6.45, 7) is 0.477. The first-order valence-corrected chi connectivity index (χ1v) is 9.95. The summed E-state index contributed by atoms with van der Waals surface area (Å²) in [7, 11) is 4.83. The first-order chi connectivity index (χ1) is 15.0. The molecule has 1 saturated heterocycles. The van der Waals surface area contributed by atoms with Crippen LogP contribution in [-0.2, 0) is 11.3 Å². The van der Waals surface area contributed by atoms with Gasteiger partial charge in [0.1, 0.15) is 11.9 Å². The van der Waals surface area contributed by atoms with Gasteiger partial charge in [0.05, 0.1) is 7.11 Å². The van der Waals surface area contributed by atoms with Crippen molar-refractivity contribution in [2.24, 2.45) is 0 Å². The van der Waals surface area contributed by atoms with Gasteiger partial charge < -0.3 is 14.5 Å². The molecule has 31 heavy (non-hydrogen) atoms. The highest BCUT2D eigenvalue weighted by Crippen LogP contribution is 2.42. The van der Waals surface area contributed by atoms with Gasteiger partial charge in [0.15, 0.2) is 11.9 Å². The van der Waals surface area contributed by atoms with Crippen LogP contribution in [0.4, 0.5) is 10.7 Å². The highest BCUT2D eigenvalue weighted by atomic mass is 16.5. The predicted molar refractivity (Wildman–Crippen MR) is 113 cm³/mol. The van der Waals surface area contributed by atoms with Crippen molar-refractivity contribution in [3.05, 3.63) is 60.2 Å². The minimum Gasteiger partial charge on any atom is -0.497 e. The van der Waals surface area contributed by atoms with Crippen molar-refractivity contribution in [1.29, 1.82) is 0 Å².